The smallest absolute Gasteiger partial charge is 0.123 e. The van der Waals surface area contributed by atoms with Crippen LogP contribution in [0.5, 0.6) is 5.75 Å². The largest absolute Gasteiger partial charge is 0.496 e. The highest BCUT2D eigenvalue weighted by Crippen LogP contribution is 2.22. The third-order valence-electron chi connectivity index (χ3n) is 3.14. The van der Waals surface area contributed by atoms with Crippen LogP contribution in [0.15, 0.2) is 42.5 Å². The summed E-state index contributed by atoms with van der Waals surface area (Å²) in [4.78, 5) is 0. The van der Waals surface area contributed by atoms with Crippen molar-refractivity contribution in [3.8, 4) is 11.8 Å². The van der Waals surface area contributed by atoms with Crippen molar-refractivity contribution in [2.75, 3.05) is 7.11 Å². The van der Waals surface area contributed by atoms with E-state index in [1.807, 2.05) is 31.2 Å². The zero-order chi connectivity index (χ0) is 15.2. The van der Waals surface area contributed by atoms with E-state index in [2.05, 4.69) is 6.07 Å². The molecule has 108 valence electrons. The van der Waals surface area contributed by atoms with Crippen LogP contribution in [0.1, 0.15) is 22.3 Å². The average Bonchev–Trinajstić information content (AvgIpc) is 2.47. The van der Waals surface area contributed by atoms with Crippen LogP contribution in [0.3, 0.4) is 0 Å². The van der Waals surface area contributed by atoms with Gasteiger partial charge in [0.1, 0.15) is 5.75 Å². The first-order valence-electron chi connectivity index (χ1n) is 6.60. The molecule has 0 bridgehead atoms. The first-order valence-corrected chi connectivity index (χ1v) is 8.08. The molecular weight excluding hydrogens is 282 g/mol. The van der Waals surface area contributed by atoms with E-state index in [1.54, 1.807) is 25.3 Å². The molecule has 0 heterocycles. The molecule has 0 saturated carbocycles. The summed E-state index contributed by atoms with van der Waals surface area (Å²) in [6.45, 7) is 2.02. The lowest BCUT2D eigenvalue weighted by Gasteiger charge is -2.09. The Bertz CT molecular complexity index is 704. The van der Waals surface area contributed by atoms with Gasteiger partial charge in [0.05, 0.1) is 24.5 Å². The number of rotatable bonds is 5. The Morgan fingerprint density at radius 2 is 2.00 bits per heavy atom. The maximum absolute atomic E-state index is 12.3. The van der Waals surface area contributed by atoms with E-state index in [-0.39, 0.29) is 0 Å². The second kappa shape index (κ2) is 7.05. The summed E-state index contributed by atoms with van der Waals surface area (Å²) in [6, 6.07) is 15.3. The lowest BCUT2D eigenvalue weighted by molar-refractivity contribution is 0.411. The summed E-state index contributed by atoms with van der Waals surface area (Å²) in [5.41, 5.74) is 3.58. The molecule has 0 saturated heterocycles. The summed E-state index contributed by atoms with van der Waals surface area (Å²) < 4.78 is 17.6. The minimum Gasteiger partial charge on any atom is -0.496 e. The van der Waals surface area contributed by atoms with E-state index >= 15 is 0 Å². The van der Waals surface area contributed by atoms with Gasteiger partial charge < -0.3 is 4.74 Å². The molecule has 0 amide bonds. The molecule has 0 aliphatic carbocycles. The van der Waals surface area contributed by atoms with Crippen LogP contribution in [0.2, 0.25) is 0 Å². The molecule has 2 rings (SSSR count). The Balaban J connectivity index is 2.14. The fourth-order valence-electron chi connectivity index (χ4n) is 2.17. The predicted octanol–water partition coefficient (Wildman–Crippen LogP) is 3.32. The minimum atomic E-state index is -1.04. The van der Waals surface area contributed by atoms with E-state index in [0.717, 1.165) is 16.7 Å². The number of aryl methyl sites for hydroxylation is 1. The van der Waals surface area contributed by atoms with Gasteiger partial charge in [-0.05, 0) is 30.7 Å². The average molecular weight is 299 g/mol. The topological polar surface area (TPSA) is 50.1 Å². The third-order valence-corrected chi connectivity index (χ3v) is 4.42. The Morgan fingerprint density at radius 3 is 2.67 bits per heavy atom. The lowest BCUT2D eigenvalue weighted by Crippen LogP contribution is -2.02. The first kappa shape index (κ1) is 15.3. The second-order valence-corrected chi connectivity index (χ2v) is 6.31. The number of nitrogens with zero attached hydrogens (tertiary/aromatic N) is 1. The van der Waals surface area contributed by atoms with E-state index in [1.165, 1.54) is 0 Å². The first-order chi connectivity index (χ1) is 10.1. The van der Waals surface area contributed by atoms with Crippen LogP contribution in [0.4, 0.5) is 0 Å². The van der Waals surface area contributed by atoms with Crippen molar-refractivity contribution in [1.82, 2.24) is 0 Å². The van der Waals surface area contributed by atoms with Crippen molar-refractivity contribution in [3.63, 3.8) is 0 Å². The standard InChI is InChI=1S/C17H17NO2S/c1-13-4-3-5-15(8-13)11-21(19)12-16-9-14(10-18)6-7-17(16)20-2/h3-9H,11-12H2,1-2H3. The number of methoxy groups -OCH3 is 1. The molecule has 0 aliphatic heterocycles. The molecule has 4 heteroatoms. The Hall–Kier alpha value is -2.12. The van der Waals surface area contributed by atoms with Gasteiger partial charge in [-0.1, -0.05) is 29.8 Å². The SMILES string of the molecule is COc1ccc(C#N)cc1CS(=O)Cc1cccc(C)c1. The Kier molecular flexibility index (Phi) is 5.13. The summed E-state index contributed by atoms with van der Waals surface area (Å²) in [5, 5.41) is 8.96. The molecule has 2 aromatic carbocycles. The quantitative estimate of drug-likeness (QED) is 0.851. The molecule has 1 unspecified atom stereocenters. The highest BCUT2D eigenvalue weighted by Gasteiger charge is 2.09. The third kappa shape index (κ3) is 4.17. The van der Waals surface area contributed by atoms with Crippen LogP contribution >= 0.6 is 0 Å². The molecule has 0 spiro atoms. The van der Waals surface area contributed by atoms with E-state index in [0.29, 0.717) is 22.8 Å². The molecule has 0 fully saturated rings. The van der Waals surface area contributed by atoms with Crippen LogP contribution in [0.25, 0.3) is 0 Å². The van der Waals surface area contributed by atoms with E-state index in [4.69, 9.17) is 10.00 Å². The maximum Gasteiger partial charge on any atom is 0.123 e. The monoisotopic (exact) mass is 299 g/mol. The molecule has 0 aromatic heterocycles. The number of benzene rings is 2. The molecule has 2 aromatic rings. The Labute approximate surface area is 127 Å². The van der Waals surface area contributed by atoms with Gasteiger partial charge in [-0.15, -0.1) is 0 Å². The van der Waals surface area contributed by atoms with Gasteiger partial charge in [-0.3, -0.25) is 4.21 Å². The van der Waals surface area contributed by atoms with Crippen molar-refractivity contribution >= 4 is 10.8 Å². The van der Waals surface area contributed by atoms with Crippen LogP contribution in [-0.4, -0.2) is 11.3 Å². The second-order valence-electron chi connectivity index (χ2n) is 4.86. The molecule has 0 aliphatic rings. The molecule has 3 nitrogen and oxygen atoms in total. The summed E-state index contributed by atoms with van der Waals surface area (Å²) in [6.07, 6.45) is 0. The fraction of sp³-hybridized carbons (Fsp3) is 0.235. The van der Waals surface area contributed by atoms with Gasteiger partial charge in [0, 0.05) is 22.1 Å². The zero-order valence-corrected chi connectivity index (χ0v) is 12.9. The van der Waals surface area contributed by atoms with Crippen molar-refractivity contribution in [2.45, 2.75) is 18.4 Å². The number of nitriles is 1. The van der Waals surface area contributed by atoms with Crippen LogP contribution in [0, 0.1) is 18.3 Å². The molecule has 0 N–H and O–H groups in total. The zero-order valence-electron chi connectivity index (χ0n) is 12.1. The molecule has 1 atom stereocenters. The highest BCUT2D eigenvalue weighted by molar-refractivity contribution is 7.83. The van der Waals surface area contributed by atoms with E-state index < -0.39 is 10.8 Å². The predicted molar refractivity (Wildman–Crippen MR) is 84.4 cm³/mol. The number of ether oxygens (including phenoxy) is 1. The van der Waals surface area contributed by atoms with Gasteiger partial charge in [0.2, 0.25) is 0 Å². The highest BCUT2D eigenvalue weighted by atomic mass is 32.2. The van der Waals surface area contributed by atoms with Gasteiger partial charge in [0.25, 0.3) is 0 Å². The van der Waals surface area contributed by atoms with Crippen LogP contribution in [-0.2, 0) is 22.3 Å². The van der Waals surface area contributed by atoms with Gasteiger partial charge in [0.15, 0.2) is 0 Å². The van der Waals surface area contributed by atoms with Gasteiger partial charge in [-0.2, -0.15) is 5.26 Å². The lowest BCUT2D eigenvalue weighted by atomic mass is 10.1. The van der Waals surface area contributed by atoms with Crippen molar-refractivity contribution in [1.29, 1.82) is 5.26 Å². The summed E-state index contributed by atoms with van der Waals surface area (Å²) >= 11 is 0. The number of hydrogen-bond donors (Lipinski definition) is 0. The van der Waals surface area contributed by atoms with Crippen molar-refractivity contribution in [2.24, 2.45) is 0 Å². The molecular formula is C17H17NO2S. The Morgan fingerprint density at radius 1 is 1.19 bits per heavy atom. The van der Waals surface area contributed by atoms with Gasteiger partial charge in [-0.25, -0.2) is 0 Å². The summed E-state index contributed by atoms with van der Waals surface area (Å²) in [7, 11) is 0.536. The minimum absolute atomic E-state index is 0.382. The van der Waals surface area contributed by atoms with E-state index in [9.17, 15) is 4.21 Å². The normalized spacial score (nSPS) is 11.7. The van der Waals surface area contributed by atoms with Gasteiger partial charge >= 0.3 is 0 Å². The summed E-state index contributed by atoms with van der Waals surface area (Å²) in [5.74, 6) is 1.56. The number of hydrogen-bond acceptors (Lipinski definition) is 3. The van der Waals surface area contributed by atoms with Crippen molar-refractivity contribution in [3.05, 3.63) is 64.7 Å². The maximum atomic E-state index is 12.3. The van der Waals surface area contributed by atoms with Crippen molar-refractivity contribution < 1.29 is 8.95 Å². The molecule has 21 heavy (non-hydrogen) atoms. The molecule has 0 radical (unpaired) electrons. The fourth-order valence-corrected chi connectivity index (χ4v) is 3.40. The van der Waals surface area contributed by atoms with Crippen LogP contribution < -0.4 is 4.74 Å².